The Morgan fingerprint density at radius 2 is 1.26 bits per heavy atom. The monoisotopic (exact) mass is 426 g/mol. The third-order valence-electron chi connectivity index (χ3n) is 4.03. The molecule has 0 radical (unpaired) electrons. The number of phosphoric acid groups is 1. The molecule has 0 saturated carbocycles. The Morgan fingerprint density at radius 1 is 0.913 bits per heavy atom. The first kappa shape index (κ1) is 30.1. The largest absolute Gasteiger partial charge is 1.00 e. The second-order valence-corrected chi connectivity index (χ2v) is 7.35. The van der Waals surface area contributed by atoms with Gasteiger partial charge in [0.05, 0.1) is 13.2 Å². The van der Waals surface area contributed by atoms with Gasteiger partial charge in [-0.3, -0.25) is 9.05 Å². The molecule has 0 aromatic rings. The van der Waals surface area contributed by atoms with Crippen LogP contribution in [0.4, 0.5) is 0 Å². The molecule has 0 rings (SSSR count). The molecule has 0 aromatic carbocycles. The molecule has 1 N–H and O–H groups in total. The van der Waals surface area contributed by atoms with E-state index in [2.05, 4.69) is 27.7 Å². The van der Waals surface area contributed by atoms with Gasteiger partial charge in [0.1, 0.15) is 0 Å². The maximum atomic E-state index is 11.9. The molecule has 0 bridgehead atoms. The molecule has 0 aliphatic carbocycles. The van der Waals surface area contributed by atoms with Crippen molar-refractivity contribution in [2.24, 2.45) is 11.8 Å². The van der Waals surface area contributed by atoms with Gasteiger partial charge >= 0.3 is 59.2 Å². The zero-order valence-corrected chi connectivity index (χ0v) is 23.0. The van der Waals surface area contributed by atoms with Gasteiger partial charge in [-0.1, -0.05) is 66.2 Å². The van der Waals surface area contributed by atoms with Crippen LogP contribution in [-0.2, 0) is 33.1 Å². The predicted molar refractivity (Wildman–Crippen MR) is 89.5 cm³/mol. The van der Waals surface area contributed by atoms with Crippen molar-refractivity contribution >= 4 is 7.82 Å². The summed E-state index contributed by atoms with van der Waals surface area (Å²) >= 11 is 0. The summed E-state index contributed by atoms with van der Waals surface area (Å²) in [5.41, 5.74) is 0. The zero-order chi connectivity index (χ0) is 16.1. The summed E-state index contributed by atoms with van der Waals surface area (Å²) in [4.78, 5) is 9.77. The topological polar surface area (TPSA) is 55.8 Å². The van der Waals surface area contributed by atoms with E-state index in [1.165, 1.54) is 0 Å². The Morgan fingerprint density at radius 3 is 1.52 bits per heavy atom. The summed E-state index contributed by atoms with van der Waals surface area (Å²) < 4.78 is 22.2. The van der Waals surface area contributed by atoms with Crippen LogP contribution in [0.2, 0.25) is 0 Å². The number of unbranched alkanes of at least 4 members (excludes halogenated alkanes) is 2. The van der Waals surface area contributed by atoms with Crippen LogP contribution in [0.5, 0.6) is 0 Å². The molecule has 4 nitrogen and oxygen atoms in total. The standard InChI is InChI=1S/C16H35O4P.K.Zn.H/c1-5-9-11-15(7-3)13-19-21(17,18)20-14-16(8-4)12-10-6-2;;;/h15-16H,5-14H2,1-4H3,(H,17,18);;;/q;+1;;-1. The minimum Gasteiger partial charge on any atom is -1.00 e. The maximum Gasteiger partial charge on any atom is 1.00 e. The Hall–Kier alpha value is 2.37. The fraction of sp³-hybridized carbons (Fsp3) is 1.00. The van der Waals surface area contributed by atoms with Gasteiger partial charge in [0.15, 0.2) is 0 Å². The van der Waals surface area contributed by atoms with Crippen LogP contribution in [0, 0.1) is 11.8 Å². The van der Waals surface area contributed by atoms with Crippen molar-refractivity contribution < 1.29 is 90.8 Å². The molecule has 0 aromatic heterocycles. The molecule has 0 heterocycles. The van der Waals surface area contributed by atoms with Crippen molar-refractivity contribution in [2.45, 2.75) is 79.1 Å². The van der Waals surface area contributed by atoms with Crippen molar-refractivity contribution in [3.63, 3.8) is 0 Å². The SMILES string of the molecule is CCCCC(CC)COP(=O)(O)OCC(CC)CCCC.[H-].[K+].[Zn]. The molecule has 2 unspecified atom stereocenters. The molecular formula is C16H36KO4PZn. The fourth-order valence-corrected chi connectivity index (χ4v) is 3.11. The summed E-state index contributed by atoms with van der Waals surface area (Å²) in [6.45, 7) is 9.10. The summed E-state index contributed by atoms with van der Waals surface area (Å²) in [5.74, 6) is 0.687. The molecule has 0 saturated heterocycles. The summed E-state index contributed by atoms with van der Waals surface area (Å²) in [7, 11) is -3.89. The normalized spacial score (nSPS) is 15.9. The van der Waals surface area contributed by atoms with E-state index < -0.39 is 7.82 Å². The summed E-state index contributed by atoms with van der Waals surface area (Å²) in [6, 6.07) is 0. The second kappa shape index (κ2) is 19.1. The Bertz CT molecular complexity index is 277. The van der Waals surface area contributed by atoms with E-state index in [0.29, 0.717) is 25.0 Å². The average Bonchev–Trinajstić information content (AvgIpc) is 2.47. The van der Waals surface area contributed by atoms with E-state index >= 15 is 0 Å². The van der Waals surface area contributed by atoms with E-state index in [-0.39, 0.29) is 72.3 Å². The van der Waals surface area contributed by atoms with Crippen LogP contribution in [0.1, 0.15) is 80.5 Å². The third kappa shape index (κ3) is 17.5. The first-order valence-corrected chi connectivity index (χ1v) is 10.1. The zero-order valence-electron chi connectivity index (χ0n) is 17.1. The summed E-state index contributed by atoms with van der Waals surface area (Å²) in [6.07, 6.45) is 8.56. The molecule has 0 amide bonds. The van der Waals surface area contributed by atoms with Gasteiger partial charge in [0.2, 0.25) is 0 Å². The van der Waals surface area contributed by atoms with E-state index in [1.54, 1.807) is 0 Å². The van der Waals surface area contributed by atoms with Crippen LogP contribution < -0.4 is 51.4 Å². The van der Waals surface area contributed by atoms with Crippen molar-refractivity contribution in [3.05, 3.63) is 0 Å². The van der Waals surface area contributed by atoms with Crippen LogP contribution in [0.15, 0.2) is 0 Å². The van der Waals surface area contributed by atoms with Gasteiger partial charge in [-0.05, 0) is 24.7 Å². The minimum absolute atomic E-state index is 0. The van der Waals surface area contributed by atoms with Gasteiger partial charge in [-0.15, -0.1) is 0 Å². The van der Waals surface area contributed by atoms with Crippen molar-refractivity contribution in [1.29, 1.82) is 0 Å². The molecule has 0 aliphatic rings. The van der Waals surface area contributed by atoms with Crippen LogP contribution in [-0.4, -0.2) is 18.1 Å². The smallest absolute Gasteiger partial charge is 1.00 e. The fourth-order valence-electron chi connectivity index (χ4n) is 2.23. The van der Waals surface area contributed by atoms with Gasteiger partial charge in [0.25, 0.3) is 0 Å². The quantitative estimate of drug-likeness (QED) is 0.342. The van der Waals surface area contributed by atoms with E-state index in [9.17, 15) is 9.46 Å². The molecule has 23 heavy (non-hydrogen) atoms. The average molecular weight is 428 g/mol. The molecule has 132 valence electrons. The minimum atomic E-state index is -3.89. The molecule has 2 atom stereocenters. The Labute approximate surface area is 200 Å². The van der Waals surface area contributed by atoms with Gasteiger partial charge in [0, 0.05) is 19.5 Å². The number of hydrogen-bond acceptors (Lipinski definition) is 3. The van der Waals surface area contributed by atoms with Crippen LogP contribution >= 0.6 is 7.82 Å². The van der Waals surface area contributed by atoms with Crippen LogP contribution in [0.3, 0.4) is 0 Å². The summed E-state index contributed by atoms with van der Waals surface area (Å²) in [5, 5.41) is 0. The van der Waals surface area contributed by atoms with E-state index in [1.807, 2.05) is 0 Å². The number of hydrogen-bond donors (Lipinski definition) is 1. The molecule has 7 heteroatoms. The number of phosphoric ester groups is 1. The van der Waals surface area contributed by atoms with Crippen molar-refractivity contribution in [1.82, 2.24) is 0 Å². The van der Waals surface area contributed by atoms with Crippen LogP contribution in [0.25, 0.3) is 0 Å². The molecule has 0 fully saturated rings. The van der Waals surface area contributed by atoms with Gasteiger partial charge < -0.3 is 6.32 Å². The van der Waals surface area contributed by atoms with Gasteiger partial charge in [-0.25, -0.2) is 4.57 Å². The molecule has 0 spiro atoms. The van der Waals surface area contributed by atoms with E-state index in [4.69, 9.17) is 9.05 Å². The first-order chi connectivity index (χ1) is 9.99. The van der Waals surface area contributed by atoms with Gasteiger partial charge in [-0.2, -0.15) is 0 Å². The molecular weight excluding hydrogens is 392 g/mol. The van der Waals surface area contributed by atoms with Crippen molar-refractivity contribution in [2.75, 3.05) is 13.2 Å². The first-order valence-electron chi connectivity index (χ1n) is 8.60. The maximum absolute atomic E-state index is 11.9. The Kier molecular flexibility index (Phi) is 25.1. The Balaban J connectivity index is -0.000000667. The predicted octanol–water partition coefficient (Wildman–Crippen LogP) is 2.67. The number of rotatable bonds is 14. The van der Waals surface area contributed by atoms with Crippen molar-refractivity contribution in [3.8, 4) is 0 Å². The molecule has 0 aliphatic heterocycles. The van der Waals surface area contributed by atoms with E-state index in [0.717, 1.165) is 51.4 Å². The third-order valence-corrected chi connectivity index (χ3v) is 4.98. The second-order valence-electron chi connectivity index (χ2n) is 5.89.